The van der Waals surface area contributed by atoms with Crippen molar-refractivity contribution in [3.63, 3.8) is 0 Å². The first-order valence-electron chi connectivity index (χ1n) is 8.22. The quantitative estimate of drug-likeness (QED) is 0.475. The zero-order valence-corrected chi connectivity index (χ0v) is 18.2. The molecule has 0 bridgehead atoms. The highest BCUT2D eigenvalue weighted by atomic mass is 28.4. The molecule has 0 spiro atoms. The fraction of sp³-hybridized carbons (Fsp3) is 0.588. The van der Waals surface area contributed by atoms with E-state index in [0.717, 1.165) is 7.11 Å². The molecule has 9 heteroatoms. The van der Waals surface area contributed by atoms with Crippen molar-refractivity contribution in [2.45, 2.75) is 57.2 Å². The molecule has 0 saturated heterocycles. The number of rotatable bonds is 7. The summed E-state index contributed by atoms with van der Waals surface area (Å²) in [4.78, 5) is 12.5. The Morgan fingerprint density at radius 1 is 0.962 bits per heavy atom. The summed E-state index contributed by atoms with van der Waals surface area (Å²) >= 11 is 0. The lowest BCUT2D eigenvalue weighted by molar-refractivity contribution is -0.279. The number of esters is 1. The van der Waals surface area contributed by atoms with Crippen molar-refractivity contribution in [1.29, 1.82) is 0 Å². The minimum absolute atomic E-state index is 0.218. The Labute approximate surface area is 154 Å². The predicted molar refractivity (Wildman–Crippen MR) is 98.8 cm³/mol. The van der Waals surface area contributed by atoms with E-state index in [1.165, 1.54) is 12.1 Å². The molecule has 0 aliphatic heterocycles. The van der Waals surface area contributed by atoms with Gasteiger partial charge in [0.05, 0.1) is 7.11 Å². The molecular formula is C17H27F3O4Si2. The van der Waals surface area contributed by atoms with Crippen molar-refractivity contribution < 1.29 is 31.6 Å². The van der Waals surface area contributed by atoms with E-state index in [2.05, 4.69) is 4.74 Å². The van der Waals surface area contributed by atoms with Crippen LogP contribution in [-0.2, 0) is 18.4 Å². The summed E-state index contributed by atoms with van der Waals surface area (Å²) in [7, 11) is -4.41. The van der Waals surface area contributed by atoms with Gasteiger partial charge < -0.3 is 13.6 Å². The lowest BCUT2D eigenvalue weighted by Crippen LogP contribution is -2.64. The zero-order chi connectivity index (χ0) is 20.4. The summed E-state index contributed by atoms with van der Waals surface area (Å²) in [5, 5.41) is 0. The molecule has 0 aliphatic rings. The van der Waals surface area contributed by atoms with Crippen LogP contribution in [0.5, 0.6) is 0 Å². The van der Waals surface area contributed by atoms with Gasteiger partial charge in [-0.25, -0.2) is 4.79 Å². The summed E-state index contributed by atoms with van der Waals surface area (Å²) in [6, 6.07) is 7.89. The van der Waals surface area contributed by atoms with E-state index in [9.17, 15) is 18.0 Å². The lowest BCUT2D eigenvalue weighted by atomic mass is 9.90. The number of benzene rings is 1. The molecule has 148 valence electrons. The number of carbonyl (C=O) groups is 1. The molecule has 4 nitrogen and oxygen atoms in total. The Hall–Kier alpha value is -1.17. The van der Waals surface area contributed by atoms with Gasteiger partial charge in [0.25, 0.3) is 5.60 Å². The summed E-state index contributed by atoms with van der Waals surface area (Å²) in [6.07, 6.45) is -6.69. The van der Waals surface area contributed by atoms with Crippen molar-refractivity contribution in [3.8, 4) is 0 Å². The van der Waals surface area contributed by atoms with Crippen LogP contribution in [0.2, 0.25) is 39.3 Å². The van der Waals surface area contributed by atoms with Gasteiger partial charge in [0.15, 0.2) is 16.6 Å². The largest absolute Gasteiger partial charge is 0.467 e. The smallest absolute Gasteiger partial charge is 0.430 e. The number of hydrogen-bond acceptors (Lipinski definition) is 4. The SMILES string of the molecule is COC(=O)C(O[Si](C)(C)C)(C(O[Si](C)(C)C)c1ccccc1)C(F)(F)F. The van der Waals surface area contributed by atoms with Crippen LogP contribution in [0.1, 0.15) is 11.7 Å². The number of carbonyl (C=O) groups excluding carboxylic acids is 1. The van der Waals surface area contributed by atoms with Crippen molar-refractivity contribution in [3.05, 3.63) is 35.9 Å². The first kappa shape index (κ1) is 22.9. The van der Waals surface area contributed by atoms with Crippen LogP contribution in [0.4, 0.5) is 13.2 Å². The molecule has 1 rings (SSSR count). The van der Waals surface area contributed by atoms with E-state index in [1.807, 2.05) is 0 Å². The zero-order valence-electron chi connectivity index (χ0n) is 16.2. The molecule has 0 N–H and O–H groups in total. The van der Waals surface area contributed by atoms with Gasteiger partial charge in [-0.3, -0.25) is 0 Å². The Morgan fingerprint density at radius 2 is 1.46 bits per heavy atom. The molecule has 0 radical (unpaired) electrons. The number of halogens is 3. The highest BCUT2D eigenvalue weighted by Crippen LogP contribution is 2.48. The average Bonchev–Trinajstić information content (AvgIpc) is 2.47. The standard InChI is InChI=1S/C17H27F3O4Si2/c1-22-15(21)16(17(18,19)20,24-26(5,6)7)14(23-25(2,3)4)13-11-9-8-10-12-13/h8-12,14H,1-7H3. The van der Waals surface area contributed by atoms with Crippen molar-refractivity contribution in [1.82, 2.24) is 0 Å². The minimum Gasteiger partial charge on any atom is -0.467 e. The lowest BCUT2D eigenvalue weighted by Gasteiger charge is -2.44. The Kier molecular flexibility index (Phi) is 6.89. The third-order valence-electron chi connectivity index (χ3n) is 3.32. The molecule has 0 aromatic heterocycles. The van der Waals surface area contributed by atoms with E-state index in [1.54, 1.807) is 57.5 Å². The first-order valence-corrected chi connectivity index (χ1v) is 15.0. The maximum absolute atomic E-state index is 14.4. The minimum atomic E-state index is -5.03. The topological polar surface area (TPSA) is 44.8 Å². The molecule has 0 aliphatic carbocycles. The van der Waals surface area contributed by atoms with Gasteiger partial charge in [-0.2, -0.15) is 13.2 Å². The second-order valence-electron chi connectivity index (χ2n) is 7.96. The van der Waals surface area contributed by atoms with Gasteiger partial charge in [-0.05, 0) is 44.8 Å². The van der Waals surface area contributed by atoms with Crippen LogP contribution < -0.4 is 0 Å². The molecule has 1 aromatic carbocycles. The highest BCUT2D eigenvalue weighted by molar-refractivity contribution is 6.70. The first-order chi connectivity index (χ1) is 11.6. The third-order valence-corrected chi connectivity index (χ3v) is 5.20. The maximum Gasteiger partial charge on any atom is 0.430 e. The van der Waals surface area contributed by atoms with E-state index in [4.69, 9.17) is 8.85 Å². The van der Waals surface area contributed by atoms with Gasteiger partial charge in [0, 0.05) is 0 Å². The fourth-order valence-electron chi connectivity index (χ4n) is 2.53. The van der Waals surface area contributed by atoms with Crippen molar-refractivity contribution in [2.24, 2.45) is 0 Å². The number of methoxy groups -OCH3 is 1. The number of ether oxygens (including phenoxy) is 1. The van der Waals surface area contributed by atoms with Gasteiger partial charge in [0.1, 0.15) is 6.10 Å². The molecule has 0 saturated carbocycles. The molecule has 0 fully saturated rings. The van der Waals surface area contributed by atoms with Crippen molar-refractivity contribution >= 4 is 22.6 Å². The van der Waals surface area contributed by atoms with Gasteiger partial charge in [-0.15, -0.1) is 0 Å². The van der Waals surface area contributed by atoms with Crippen LogP contribution in [0.15, 0.2) is 30.3 Å². The second-order valence-corrected chi connectivity index (χ2v) is 16.8. The Morgan fingerprint density at radius 3 is 1.81 bits per heavy atom. The molecular weight excluding hydrogens is 381 g/mol. The normalized spacial score (nSPS) is 16.7. The van der Waals surface area contributed by atoms with Crippen LogP contribution in [0.3, 0.4) is 0 Å². The van der Waals surface area contributed by atoms with Gasteiger partial charge in [-0.1, -0.05) is 30.3 Å². The van der Waals surface area contributed by atoms with Gasteiger partial charge >= 0.3 is 12.1 Å². The van der Waals surface area contributed by atoms with Gasteiger partial charge in [0.2, 0.25) is 0 Å². The number of alkyl halides is 3. The van der Waals surface area contributed by atoms with E-state index in [0.29, 0.717) is 0 Å². The highest BCUT2D eigenvalue weighted by Gasteiger charge is 2.69. The second kappa shape index (κ2) is 7.83. The third kappa shape index (κ3) is 5.42. The molecule has 0 heterocycles. The number of hydrogen-bond donors (Lipinski definition) is 0. The van der Waals surface area contributed by atoms with E-state index in [-0.39, 0.29) is 5.56 Å². The summed E-state index contributed by atoms with van der Waals surface area (Å²) in [5.41, 5.74) is -3.01. The average molecular weight is 409 g/mol. The predicted octanol–water partition coefficient (Wildman–Crippen LogP) is 4.90. The van der Waals surface area contributed by atoms with Crippen molar-refractivity contribution in [2.75, 3.05) is 7.11 Å². The summed E-state index contributed by atoms with van der Waals surface area (Å²) in [5.74, 6) is -1.50. The van der Waals surface area contributed by atoms with Crippen LogP contribution in [-0.4, -0.2) is 41.5 Å². The van der Waals surface area contributed by atoms with Crippen LogP contribution in [0.25, 0.3) is 0 Å². The van der Waals surface area contributed by atoms with E-state index >= 15 is 0 Å². The van der Waals surface area contributed by atoms with E-state index < -0.39 is 40.5 Å². The van der Waals surface area contributed by atoms with Crippen LogP contribution >= 0.6 is 0 Å². The molecule has 2 atom stereocenters. The molecule has 2 unspecified atom stereocenters. The molecule has 26 heavy (non-hydrogen) atoms. The molecule has 0 amide bonds. The fourth-order valence-corrected chi connectivity index (χ4v) is 4.81. The molecule has 1 aromatic rings. The maximum atomic E-state index is 14.4. The summed E-state index contributed by atoms with van der Waals surface area (Å²) in [6.45, 7) is 10.1. The Bertz CT molecular complexity index is 609. The summed E-state index contributed by atoms with van der Waals surface area (Å²) < 4.78 is 59.2. The van der Waals surface area contributed by atoms with Crippen LogP contribution in [0, 0.1) is 0 Å². The Balaban J connectivity index is 3.77. The monoisotopic (exact) mass is 408 g/mol.